The summed E-state index contributed by atoms with van der Waals surface area (Å²) in [6, 6.07) is 3.69. The van der Waals surface area contributed by atoms with E-state index in [1.807, 2.05) is 12.1 Å². The molecule has 0 saturated heterocycles. The smallest absolute Gasteiger partial charge is 0.263 e. The molecule has 62 valence electrons. The zero-order valence-electron chi connectivity index (χ0n) is 6.19. The zero-order valence-corrected chi connectivity index (χ0v) is 6.19. The highest BCUT2D eigenvalue weighted by molar-refractivity contribution is 5.20. The van der Waals surface area contributed by atoms with E-state index in [9.17, 15) is 0 Å². The number of anilines is 1. The van der Waals surface area contributed by atoms with Gasteiger partial charge < -0.3 is 9.73 Å². The first-order chi connectivity index (χ1) is 5.95. The molecule has 2 rings (SSSR count). The molecule has 0 atom stereocenters. The molecule has 2 aromatic heterocycles. The maximum atomic E-state index is 5.08. The number of aromatic amines is 1. The van der Waals surface area contributed by atoms with Crippen LogP contribution in [-0.2, 0) is 6.54 Å². The summed E-state index contributed by atoms with van der Waals surface area (Å²) in [4.78, 5) is 0. The summed E-state index contributed by atoms with van der Waals surface area (Å²) in [5.41, 5.74) is 0. The van der Waals surface area contributed by atoms with Gasteiger partial charge in [0.25, 0.3) is 5.95 Å². The van der Waals surface area contributed by atoms with Crippen LogP contribution in [0, 0.1) is 0 Å². The first-order valence-corrected chi connectivity index (χ1v) is 3.45. The average molecular weight is 165 g/mol. The third-order valence-corrected chi connectivity index (χ3v) is 1.35. The van der Waals surface area contributed by atoms with Crippen LogP contribution in [0.3, 0.4) is 0 Å². The van der Waals surface area contributed by atoms with Crippen LogP contribution in [0.25, 0.3) is 0 Å². The van der Waals surface area contributed by atoms with E-state index in [0.29, 0.717) is 12.5 Å². The monoisotopic (exact) mass is 165 g/mol. The summed E-state index contributed by atoms with van der Waals surface area (Å²) in [6.07, 6.45) is 1.62. The largest absolute Gasteiger partial charge is 0.467 e. The number of tetrazole rings is 1. The normalized spacial score (nSPS) is 10.0. The van der Waals surface area contributed by atoms with Crippen LogP contribution in [0.15, 0.2) is 22.8 Å². The Balaban J connectivity index is 1.91. The standard InChI is InChI=1S/C6H7N5O/c1-2-5(12-3-1)4-7-6-8-10-11-9-6/h1-3H,4H2,(H2,7,8,9,10,11). The van der Waals surface area contributed by atoms with Crippen LogP contribution in [0.1, 0.15) is 5.76 Å². The van der Waals surface area contributed by atoms with E-state index in [4.69, 9.17) is 4.42 Å². The molecular formula is C6H7N5O. The maximum absolute atomic E-state index is 5.08. The Bertz CT molecular complexity index is 279. The van der Waals surface area contributed by atoms with Crippen molar-refractivity contribution in [2.75, 3.05) is 5.32 Å². The van der Waals surface area contributed by atoms with Crippen molar-refractivity contribution < 1.29 is 4.42 Å². The lowest BCUT2D eigenvalue weighted by molar-refractivity contribution is 0.517. The van der Waals surface area contributed by atoms with Crippen LogP contribution in [0.5, 0.6) is 0 Å². The predicted octanol–water partition coefficient (Wildman–Crippen LogP) is 0.405. The van der Waals surface area contributed by atoms with Gasteiger partial charge in [0.05, 0.1) is 12.8 Å². The van der Waals surface area contributed by atoms with Crippen molar-refractivity contribution in [1.29, 1.82) is 0 Å². The third-order valence-electron chi connectivity index (χ3n) is 1.35. The lowest BCUT2D eigenvalue weighted by atomic mass is 10.4. The minimum Gasteiger partial charge on any atom is -0.467 e. The molecule has 6 heteroatoms. The van der Waals surface area contributed by atoms with E-state index in [-0.39, 0.29) is 0 Å². The highest BCUT2D eigenvalue weighted by atomic mass is 16.3. The van der Waals surface area contributed by atoms with Gasteiger partial charge in [0.1, 0.15) is 5.76 Å². The van der Waals surface area contributed by atoms with E-state index in [2.05, 4.69) is 25.9 Å². The number of rotatable bonds is 3. The minimum absolute atomic E-state index is 0.464. The molecule has 0 aliphatic heterocycles. The first kappa shape index (κ1) is 6.84. The summed E-state index contributed by atoms with van der Waals surface area (Å²) in [7, 11) is 0. The minimum atomic E-state index is 0.464. The Labute approximate surface area is 68.0 Å². The Morgan fingerprint density at radius 3 is 3.25 bits per heavy atom. The molecule has 0 aliphatic carbocycles. The predicted molar refractivity (Wildman–Crippen MR) is 40.2 cm³/mol. The molecule has 0 spiro atoms. The van der Waals surface area contributed by atoms with E-state index >= 15 is 0 Å². The van der Waals surface area contributed by atoms with Gasteiger partial charge in [0.15, 0.2) is 0 Å². The average Bonchev–Trinajstić information content (AvgIpc) is 2.74. The summed E-state index contributed by atoms with van der Waals surface area (Å²) in [5.74, 6) is 1.30. The fourth-order valence-corrected chi connectivity index (χ4v) is 0.816. The topological polar surface area (TPSA) is 79.6 Å². The van der Waals surface area contributed by atoms with Crippen molar-refractivity contribution in [3.63, 3.8) is 0 Å². The van der Waals surface area contributed by atoms with E-state index in [1.165, 1.54) is 0 Å². The fraction of sp³-hybridized carbons (Fsp3) is 0.167. The molecule has 2 heterocycles. The lowest BCUT2D eigenvalue weighted by Gasteiger charge is -1.95. The molecule has 0 unspecified atom stereocenters. The quantitative estimate of drug-likeness (QED) is 0.688. The summed E-state index contributed by atoms with van der Waals surface area (Å²) in [6.45, 7) is 0.562. The van der Waals surface area contributed by atoms with Gasteiger partial charge in [-0.05, 0) is 17.3 Å². The summed E-state index contributed by atoms with van der Waals surface area (Å²) < 4.78 is 5.08. The number of H-pyrrole nitrogens is 1. The molecule has 2 aromatic rings. The van der Waals surface area contributed by atoms with Crippen molar-refractivity contribution in [2.24, 2.45) is 0 Å². The number of furan rings is 1. The third kappa shape index (κ3) is 1.42. The van der Waals surface area contributed by atoms with Crippen molar-refractivity contribution in [1.82, 2.24) is 20.6 Å². The Morgan fingerprint density at radius 1 is 1.58 bits per heavy atom. The van der Waals surface area contributed by atoms with E-state index < -0.39 is 0 Å². The van der Waals surface area contributed by atoms with Crippen molar-refractivity contribution in [2.45, 2.75) is 6.54 Å². The molecule has 2 N–H and O–H groups in total. The molecule has 0 fully saturated rings. The molecule has 0 bridgehead atoms. The second-order valence-electron chi connectivity index (χ2n) is 2.17. The van der Waals surface area contributed by atoms with E-state index in [1.54, 1.807) is 6.26 Å². The number of aromatic nitrogens is 4. The van der Waals surface area contributed by atoms with Crippen LogP contribution in [0.2, 0.25) is 0 Å². The van der Waals surface area contributed by atoms with Crippen molar-refractivity contribution in [3.05, 3.63) is 24.2 Å². The highest BCUT2D eigenvalue weighted by Crippen LogP contribution is 2.01. The van der Waals surface area contributed by atoms with Gasteiger partial charge in [0, 0.05) is 0 Å². The van der Waals surface area contributed by atoms with Gasteiger partial charge in [-0.1, -0.05) is 5.10 Å². The highest BCUT2D eigenvalue weighted by Gasteiger charge is 1.97. The van der Waals surface area contributed by atoms with Gasteiger partial charge in [-0.2, -0.15) is 5.21 Å². The Kier molecular flexibility index (Phi) is 1.73. The summed E-state index contributed by atoms with van der Waals surface area (Å²) in [5, 5.41) is 16.1. The molecular weight excluding hydrogens is 158 g/mol. The summed E-state index contributed by atoms with van der Waals surface area (Å²) >= 11 is 0. The molecule has 0 saturated carbocycles. The van der Waals surface area contributed by atoms with Crippen LogP contribution < -0.4 is 5.32 Å². The maximum Gasteiger partial charge on any atom is 0.263 e. The zero-order chi connectivity index (χ0) is 8.23. The van der Waals surface area contributed by atoms with Crippen molar-refractivity contribution in [3.8, 4) is 0 Å². The second-order valence-corrected chi connectivity index (χ2v) is 2.17. The molecule has 0 aromatic carbocycles. The Morgan fingerprint density at radius 2 is 2.58 bits per heavy atom. The second kappa shape index (κ2) is 3.04. The number of nitrogens with one attached hydrogen (secondary N) is 2. The lowest BCUT2D eigenvalue weighted by Crippen LogP contribution is -1.99. The van der Waals surface area contributed by atoms with Crippen molar-refractivity contribution >= 4 is 5.95 Å². The number of hydrogen-bond acceptors (Lipinski definition) is 5. The van der Waals surface area contributed by atoms with E-state index in [0.717, 1.165) is 5.76 Å². The van der Waals surface area contributed by atoms with Gasteiger partial charge in [0.2, 0.25) is 0 Å². The number of hydrogen-bond donors (Lipinski definition) is 2. The molecule has 12 heavy (non-hydrogen) atoms. The van der Waals surface area contributed by atoms with Gasteiger partial charge in [-0.25, -0.2) is 0 Å². The molecule has 0 amide bonds. The molecule has 0 aliphatic rings. The van der Waals surface area contributed by atoms with Crippen LogP contribution in [-0.4, -0.2) is 20.6 Å². The molecule has 6 nitrogen and oxygen atoms in total. The number of nitrogens with zero attached hydrogens (tertiary/aromatic N) is 3. The first-order valence-electron chi connectivity index (χ1n) is 3.45. The van der Waals surface area contributed by atoms with Crippen LogP contribution >= 0.6 is 0 Å². The fourth-order valence-electron chi connectivity index (χ4n) is 0.816. The Hall–Kier alpha value is -1.85. The molecule has 0 radical (unpaired) electrons. The SMILES string of the molecule is c1coc(CNc2nn[nH]n2)c1. The van der Waals surface area contributed by atoms with Crippen LogP contribution in [0.4, 0.5) is 5.95 Å². The van der Waals surface area contributed by atoms with Gasteiger partial charge in [-0.15, -0.1) is 5.10 Å². The van der Waals surface area contributed by atoms with Gasteiger partial charge in [-0.3, -0.25) is 0 Å². The van der Waals surface area contributed by atoms with Gasteiger partial charge >= 0.3 is 0 Å².